The summed E-state index contributed by atoms with van der Waals surface area (Å²) in [5.74, 6) is 1.57. The summed E-state index contributed by atoms with van der Waals surface area (Å²) in [7, 11) is 0. The fourth-order valence-electron chi connectivity index (χ4n) is 5.97. The average Bonchev–Trinajstić information content (AvgIpc) is 3.57. The Hall–Kier alpha value is -2.79. The van der Waals surface area contributed by atoms with Gasteiger partial charge in [-0.05, 0) is 49.7 Å². The monoisotopic (exact) mass is 831 g/mol. The first-order chi connectivity index (χ1) is 21.7. The molecule has 255 valence electrons. The van der Waals surface area contributed by atoms with Crippen molar-refractivity contribution < 1.29 is 34.4 Å². The Morgan fingerprint density at radius 3 is 2.17 bits per heavy atom. The van der Waals surface area contributed by atoms with Crippen LogP contribution in [0.5, 0.6) is 0 Å². The molecule has 1 radical (unpaired) electrons. The van der Waals surface area contributed by atoms with E-state index in [4.69, 9.17) is 9.40 Å². The summed E-state index contributed by atoms with van der Waals surface area (Å²) in [6.45, 7) is 21.5. The summed E-state index contributed by atoms with van der Waals surface area (Å²) in [5.41, 5.74) is 4.58. The maximum Gasteiger partial charge on any atom is 0.162 e. The van der Waals surface area contributed by atoms with Crippen LogP contribution in [0.3, 0.4) is 0 Å². The second-order valence-electron chi connectivity index (χ2n) is 14.7. The van der Waals surface area contributed by atoms with Gasteiger partial charge in [-0.15, -0.1) is 40.5 Å². The average molecular weight is 831 g/mol. The van der Waals surface area contributed by atoms with Crippen LogP contribution < -0.4 is 0 Å². The number of hydrogen-bond acceptors (Lipinski definition) is 5. The second kappa shape index (κ2) is 16.1. The molecule has 0 aliphatic rings. The maximum atomic E-state index is 11.7. The molecule has 0 spiro atoms. The molecule has 0 atom stereocenters. The number of fused-ring (bicyclic) bond motifs is 4. The number of carbonyl (C=O) groups is 1. The Balaban J connectivity index is 0.000000322. The third-order valence-corrected chi connectivity index (χ3v) is 9.86. The number of ketones is 1. The number of aromatic nitrogens is 1. The molecule has 0 unspecified atom stereocenters. The van der Waals surface area contributed by atoms with Crippen molar-refractivity contribution >= 4 is 48.3 Å². The van der Waals surface area contributed by atoms with Crippen LogP contribution >= 0.6 is 11.3 Å². The third-order valence-electron chi connectivity index (χ3n) is 8.72. The predicted octanol–water partition coefficient (Wildman–Crippen LogP) is 12.4. The van der Waals surface area contributed by atoms with Crippen LogP contribution in [0.25, 0.3) is 42.4 Å². The van der Waals surface area contributed by atoms with Gasteiger partial charge in [0.25, 0.3) is 0 Å². The van der Waals surface area contributed by atoms with Crippen molar-refractivity contribution in [1.82, 2.24) is 4.98 Å². The molecule has 6 heteroatoms. The number of nitrogens with zero attached hydrogens (tertiary/aromatic N) is 1. The minimum atomic E-state index is -0.00506. The number of thiophene rings is 1. The van der Waals surface area contributed by atoms with E-state index in [0.717, 1.165) is 65.5 Å². The Morgan fingerprint density at radius 2 is 1.57 bits per heavy atom. The Bertz CT molecular complexity index is 1820. The van der Waals surface area contributed by atoms with Gasteiger partial charge in [0.1, 0.15) is 5.76 Å². The maximum absolute atomic E-state index is 11.7. The fourth-order valence-corrected chi connectivity index (χ4v) is 7.13. The Kier molecular flexibility index (Phi) is 13.2. The molecule has 1 N–H and O–H groups in total. The number of aliphatic hydroxyl groups excluding tert-OH is 1. The SMILES string of the molecule is CC(C)(C)Cc1cc(-c2nccc3c2sc2cc(C(C)(C)C)oc23)[c-]c2ccccc12.CCC(CC)C(=O)/C=C(\O)C(CC)CC.[Ir]. The molecular formula is C41H52IrNO3S-. The molecule has 5 aromatic rings. The van der Waals surface area contributed by atoms with Crippen LogP contribution in [0.1, 0.15) is 106 Å². The zero-order chi connectivity index (χ0) is 33.8. The number of pyridine rings is 1. The summed E-state index contributed by atoms with van der Waals surface area (Å²) in [6, 6.07) is 18.8. The first-order valence-electron chi connectivity index (χ1n) is 16.9. The molecule has 47 heavy (non-hydrogen) atoms. The van der Waals surface area contributed by atoms with Crippen molar-refractivity contribution in [2.75, 3.05) is 0 Å². The van der Waals surface area contributed by atoms with Gasteiger partial charge in [-0.2, -0.15) is 0 Å². The molecule has 0 saturated carbocycles. The van der Waals surface area contributed by atoms with E-state index in [2.05, 4.69) is 90.1 Å². The van der Waals surface area contributed by atoms with E-state index in [0.29, 0.717) is 0 Å². The van der Waals surface area contributed by atoms with Gasteiger partial charge < -0.3 is 9.52 Å². The van der Waals surface area contributed by atoms with E-state index in [1.165, 1.54) is 26.4 Å². The summed E-state index contributed by atoms with van der Waals surface area (Å²) in [6.07, 6.45) is 7.81. The molecule has 0 saturated heterocycles. The van der Waals surface area contributed by atoms with Crippen LogP contribution in [0.2, 0.25) is 0 Å². The molecule has 4 nitrogen and oxygen atoms in total. The molecule has 0 amide bonds. The van der Waals surface area contributed by atoms with E-state index in [1.807, 2.05) is 33.9 Å². The molecule has 0 fully saturated rings. The van der Waals surface area contributed by atoms with Gasteiger partial charge in [0.05, 0.1) is 10.5 Å². The van der Waals surface area contributed by atoms with Crippen LogP contribution in [0.15, 0.2) is 64.9 Å². The minimum Gasteiger partial charge on any atom is -0.512 e. The van der Waals surface area contributed by atoms with Crippen LogP contribution in [-0.4, -0.2) is 15.9 Å². The zero-order valence-electron chi connectivity index (χ0n) is 29.8. The predicted molar refractivity (Wildman–Crippen MR) is 197 cm³/mol. The van der Waals surface area contributed by atoms with E-state index in [9.17, 15) is 9.90 Å². The van der Waals surface area contributed by atoms with Crippen LogP contribution in [0.4, 0.5) is 0 Å². The molecular weight excluding hydrogens is 779 g/mol. The standard InChI is InChI=1S/C28H28NOS.C13H24O2.Ir/c1-27(2,3)16-19-14-18(13-17-9-7-8-10-20(17)19)24-26-21(11-12-29-24)25-22(31-26)15-23(30-25)28(4,5)6;1-5-10(6-2)12(14)9-13(15)11(7-3)8-4;/h7-12,14-15H,16H2,1-6H3;9-11,14H,5-8H2,1-4H3;/q-1;;/b;12-9-;. The van der Waals surface area contributed by atoms with Gasteiger partial charge in [-0.3, -0.25) is 9.78 Å². The van der Waals surface area contributed by atoms with E-state index < -0.39 is 0 Å². The number of rotatable bonds is 9. The number of aliphatic hydroxyl groups is 1. The minimum absolute atomic E-state index is 0. The molecule has 3 heterocycles. The fraction of sp³-hybridized carbons (Fsp3) is 0.463. The first-order valence-corrected chi connectivity index (χ1v) is 17.7. The van der Waals surface area contributed by atoms with Crippen LogP contribution in [0, 0.1) is 23.3 Å². The Morgan fingerprint density at radius 1 is 0.936 bits per heavy atom. The second-order valence-corrected chi connectivity index (χ2v) is 15.7. The number of benzene rings is 2. The van der Waals surface area contributed by atoms with Crippen molar-refractivity contribution in [3.8, 4) is 11.3 Å². The molecule has 0 bridgehead atoms. The normalized spacial score (nSPS) is 12.6. The zero-order valence-corrected chi connectivity index (χ0v) is 33.1. The topological polar surface area (TPSA) is 63.3 Å². The van der Waals surface area contributed by atoms with E-state index in [1.54, 1.807) is 11.3 Å². The largest absolute Gasteiger partial charge is 0.512 e. The smallest absolute Gasteiger partial charge is 0.162 e. The van der Waals surface area contributed by atoms with Gasteiger partial charge >= 0.3 is 0 Å². The van der Waals surface area contributed by atoms with Crippen molar-refractivity contribution in [2.45, 2.75) is 107 Å². The van der Waals surface area contributed by atoms with Crippen LogP contribution in [-0.2, 0) is 36.7 Å². The molecule has 0 aliphatic heterocycles. The summed E-state index contributed by atoms with van der Waals surface area (Å²) >= 11 is 1.77. The van der Waals surface area contributed by atoms with Crippen molar-refractivity contribution in [3.63, 3.8) is 0 Å². The van der Waals surface area contributed by atoms with E-state index >= 15 is 0 Å². The van der Waals surface area contributed by atoms with Gasteiger partial charge in [0.15, 0.2) is 11.4 Å². The van der Waals surface area contributed by atoms with Crippen molar-refractivity contribution in [3.05, 3.63) is 77.9 Å². The van der Waals surface area contributed by atoms with Gasteiger partial charge in [0.2, 0.25) is 0 Å². The number of hydrogen-bond donors (Lipinski definition) is 1. The molecule has 0 aliphatic carbocycles. The van der Waals surface area contributed by atoms with Gasteiger partial charge in [-0.25, -0.2) is 0 Å². The number of carbonyl (C=O) groups excluding carboxylic acids is 1. The third kappa shape index (κ3) is 9.22. The summed E-state index contributed by atoms with van der Waals surface area (Å²) in [5, 5.41) is 13.3. The number of allylic oxidation sites excluding steroid dienone is 2. The van der Waals surface area contributed by atoms with Crippen molar-refractivity contribution in [1.29, 1.82) is 0 Å². The van der Waals surface area contributed by atoms with E-state index in [-0.39, 0.29) is 54.3 Å². The summed E-state index contributed by atoms with van der Waals surface area (Å²) in [4.78, 5) is 16.5. The first kappa shape index (κ1) is 38.7. The molecule has 2 aromatic carbocycles. The van der Waals surface area contributed by atoms with Crippen molar-refractivity contribution in [2.24, 2.45) is 17.3 Å². The quantitative estimate of drug-likeness (QED) is 0.0913. The Labute approximate surface area is 299 Å². The summed E-state index contributed by atoms with van der Waals surface area (Å²) < 4.78 is 8.67. The van der Waals surface area contributed by atoms with Gasteiger partial charge in [0, 0.05) is 65.4 Å². The molecule has 5 rings (SSSR count). The van der Waals surface area contributed by atoms with Gasteiger partial charge in [-0.1, -0.05) is 98.4 Å². The number of furan rings is 1. The molecule has 3 aromatic heterocycles.